The van der Waals surface area contributed by atoms with Crippen LogP contribution in [0.5, 0.6) is 0 Å². The molecule has 3 aromatic rings. The van der Waals surface area contributed by atoms with Gasteiger partial charge in [0.1, 0.15) is 0 Å². The van der Waals surface area contributed by atoms with Crippen molar-refractivity contribution in [2.75, 3.05) is 22.5 Å². The van der Waals surface area contributed by atoms with Crippen LogP contribution in [0.4, 0.5) is 11.4 Å². The minimum absolute atomic E-state index is 0.0489. The molecule has 1 aliphatic heterocycles. The Balaban J connectivity index is 1.44. The minimum atomic E-state index is -0.214. The van der Waals surface area contributed by atoms with Gasteiger partial charge in [0.15, 0.2) is 0 Å². The molecule has 0 atom stereocenters. The van der Waals surface area contributed by atoms with Gasteiger partial charge in [0.05, 0.1) is 11.3 Å². The Morgan fingerprint density at radius 3 is 2.52 bits per heavy atom. The number of thioether (sulfide) groups is 1. The van der Waals surface area contributed by atoms with Crippen molar-refractivity contribution in [2.24, 2.45) is 0 Å². The summed E-state index contributed by atoms with van der Waals surface area (Å²) in [5, 5.41) is 3.49. The largest absolute Gasteiger partial charge is 0.322 e. The Morgan fingerprint density at radius 1 is 0.966 bits per heavy atom. The van der Waals surface area contributed by atoms with Crippen molar-refractivity contribution < 1.29 is 9.59 Å². The summed E-state index contributed by atoms with van der Waals surface area (Å²) in [5.74, 6) is 0.113. The number of fused-ring (bicyclic) bond motifs is 1. The number of halogens is 1. The third-order valence-electron chi connectivity index (χ3n) is 4.77. The summed E-state index contributed by atoms with van der Waals surface area (Å²) in [6.45, 7) is 0.706. The molecular weight excluding hydrogens is 404 g/mol. The quantitative estimate of drug-likeness (QED) is 0.569. The van der Waals surface area contributed by atoms with E-state index in [9.17, 15) is 9.59 Å². The first kappa shape index (κ1) is 19.6. The maximum Gasteiger partial charge on any atom is 0.256 e. The second kappa shape index (κ2) is 8.72. The molecule has 0 spiro atoms. The fourth-order valence-electron chi connectivity index (χ4n) is 3.33. The van der Waals surface area contributed by atoms with Gasteiger partial charge in [-0.15, -0.1) is 11.8 Å². The molecule has 0 radical (unpaired) electrons. The third-order valence-corrected chi connectivity index (χ3v) is 6.08. The number of nitrogens with one attached hydrogen (secondary N) is 1. The summed E-state index contributed by atoms with van der Waals surface area (Å²) in [4.78, 5) is 28.1. The Bertz CT molecular complexity index is 1050. The number of anilines is 2. The number of nitrogens with zero attached hydrogens (tertiary/aromatic N) is 1. The maximum absolute atomic E-state index is 12.8. The van der Waals surface area contributed by atoms with Crippen molar-refractivity contribution in [1.82, 2.24) is 0 Å². The number of carbonyl (C=O) groups excluding carboxylic acids is 2. The first-order valence-corrected chi connectivity index (χ1v) is 10.7. The average molecular weight is 423 g/mol. The molecule has 0 bridgehead atoms. The van der Waals surface area contributed by atoms with Crippen LogP contribution in [0.3, 0.4) is 0 Å². The predicted molar refractivity (Wildman–Crippen MR) is 119 cm³/mol. The molecule has 1 aliphatic rings. The van der Waals surface area contributed by atoms with Crippen LogP contribution >= 0.6 is 23.4 Å². The smallest absolute Gasteiger partial charge is 0.256 e. The Kier molecular flexibility index (Phi) is 5.88. The standard InChI is InChI=1S/C23H19ClN2O2S/c24-17-9-11-18(12-10-17)25-23(28)19-6-2-4-8-21(19)29-15-22(27)26-14-13-16-5-1-3-7-20(16)26/h1-12H,13-15H2,(H,25,28). The van der Waals surface area contributed by atoms with E-state index in [1.807, 2.05) is 41.3 Å². The average Bonchev–Trinajstić information content (AvgIpc) is 3.18. The van der Waals surface area contributed by atoms with E-state index in [-0.39, 0.29) is 17.6 Å². The fourth-order valence-corrected chi connectivity index (χ4v) is 4.38. The summed E-state index contributed by atoms with van der Waals surface area (Å²) in [5.41, 5.74) is 3.41. The van der Waals surface area contributed by atoms with Crippen LogP contribution in [0, 0.1) is 0 Å². The normalized spacial score (nSPS) is 12.5. The highest BCUT2D eigenvalue weighted by atomic mass is 35.5. The summed E-state index contributed by atoms with van der Waals surface area (Å²) in [6, 6.07) is 22.3. The molecule has 0 unspecified atom stereocenters. The van der Waals surface area contributed by atoms with Crippen molar-refractivity contribution in [3.63, 3.8) is 0 Å². The van der Waals surface area contributed by atoms with Crippen molar-refractivity contribution in [2.45, 2.75) is 11.3 Å². The van der Waals surface area contributed by atoms with E-state index in [1.165, 1.54) is 17.3 Å². The molecule has 0 saturated heterocycles. The highest BCUT2D eigenvalue weighted by Gasteiger charge is 2.24. The highest BCUT2D eigenvalue weighted by Crippen LogP contribution is 2.30. The fraction of sp³-hybridized carbons (Fsp3) is 0.130. The Morgan fingerprint density at radius 2 is 1.69 bits per heavy atom. The lowest BCUT2D eigenvalue weighted by Gasteiger charge is -2.17. The van der Waals surface area contributed by atoms with Gasteiger partial charge in [0, 0.05) is 27.8 Å². The molecule has 0 aromatic heterocycles. The molecule has 0 saturated carbocycles. The Labute approximate surface area is 178 Å². The van der Waals surface area contributed by atoms with Crippen LogP contribution in [-0.2, 0) is 11.2 Å². The van der Waals surface area contributed by atoms with E-state index in [1.54, 1.807) is 30.3 Å². The van der Waals surface area contributed by atoms with Crippen LogP contribution in [0.1, 0.15) is 15.9 Å². The lowest BCUT2D eigenvalue weighted by molar-refractivity contribution is -0.116. The molecule has 3 aromatic carbocycles. The number of hydrogen-bond donors (Lipinski definition) is 1. The van der Waals surface area contributed by atoms with Crippen molar-refractivity contribution in [3.05, 3.63) is 88.9 Å². The van der Waals surface area contributed by atoms with Crippen LogP contribution in [0.2, 0.25) is 5.02 Å². The maximum atomic E-state index is 12.8. The number of para-hydroxylation sites is 1. The van der Waals surface area contributed by atoms with E-state index in [0.717, 1.165) is 17.0 Å². The molecule has 2 amide bonds. The topological polar surface area (TPSA) is 49.4 Å². The van der Waals surface area contributed by atoms with E-state index in [4.69, 9.17) is 11.6 Å². The molecule has 1 heterocycles. The van der Waals surface area contributed by atoms with Gasteiger partial charge >= 0.3 is 0 Å². The third kappa shape index (κ3) is 4.47. The summed E-state index contributed by atoms with van der Waals surface area (Å²) in [6.07, 6.45) is 0.882. The van der Waals surface area contributed by atoms with Crippen LogP contribution in [0.25, 0.3) is 0 Å². The van der Waals surface area contributed by atoms with E-state index in [0.29, 0.717) is 22.8 Å². The molecule has 4 rings (SSSR count). The van der Waals surface area contributed by atoms with Crippen LogP contribution in [0.15, 0.2) is 77.7 Å². The second-order valence-electron chi connectivity index (χ2n) is 6.67. The molecule has 4 nitrogen and oxygen atoms in total. The molecule has 6 heteroatoms. The van der Waals surface area contributed by atoms with Gasteiger partial charge in [-0.05, 0) is 54.4 Å². The molecule has 146 valence electrons. The number of benzene rings is 3. The van der Waals surface area contributed by atoms with Gasteiger partial charge in [-0.2, -0.15) is 0 Å². The lowest BCUT2D eigenvalue weighted by Crippen LogP contribution is -2.30. The van der Waals surface area contributed by atoms with E-state index in [2.05, 4.69) is 11.4 Å². The summed E-state index contributed by atoms with van der Waals surface area (Å²) < 4.78 is 0. The van der Waals surface area contributed by atoms with Crippen LogP contribution in [-0.4, -0.2) is 24.1 Å². The molecule has 0 fully saturated rings. The second-order valence-corrected chi connectivity index (χ2v) is 8.12. The zero-order chi connectivity index (χ0) is 20.2. The minimum Gasteiger partial charge on any atom is -0.322 e. The first-order valence-electron chi connectivity index (χ1n) is 9.29. The number of hydrogen-bond acceptors (Lipinski definition) is 3. The van der Waals surface area contributed by atoms with Crippen molar-refractivity contribution >= 4 is 46.6 Å². The van der Waals surface area contributed by atoms with E-state index < -0.39 is 0 Å². The number of amides is 2. The lowest BCUT2D eigenvalue weighted by atomic mass is 10.2. The van der Waals surface area contributed by atoms with Crippen molar-refractivity contribution in [3.8, 4) is 0 Å². The molecular formula is C23H19ClN2O2S. The SMILES string of the molecule is O=C(Nc1ccc(Cl)cc1)c1ccccc1SCC(=O)N1CCc2ccccc21. The highest BCUT2D eigenvalue weighted by molar-refractivity contribution is 8.00. The van der Waals surface area contributed by atoms with Gasteiger partial charge < -0.3 is 10.2 Å². The zero-order valence-corrected chi connectivity index (χ0v) is 17.2. The molecule has 0 aliphatic carbocycles. The van der Waals surface area contributed by atoms with Gasteiger partial charge in [-0.1, -0.05) is 41.9 Å². The van der Waals surface area contributed by atoms with Gasteiger partial charge in [-0.25, -0.2) is 0 Å². The van der Waals surface area contributed by atoms with Crippen LogP contribution < -0.4 is 10.2 Å². The van der Waals surface area contributed by atoms with Crippen molar-refractivity contribution in [1.29, 1.82) is 0 Å². The monoisotopic (exact) mass is 422 g/mol. The zero-order valence-electron chi connectivity index (χ0n) is 15.6. The molecule has 29 heavy (non-hydrogen) atoms. The number of carbonyl (C=O) groups is 2. The van der Waals surface area contributed by atoms with E-state index >= 15 is 0 Å². The Hall–Kier alpha value is -2.76. The summed E-state index contributed by atoms with van der Waals surface area (Å²) in [7, 11) is 0. The predicted octanol–water partition coefficient (Wildman–Crippen LogP) is 5.27. The summed E-state index contributed by atoms with van der Waals surface area (Å²) >= 11 is 7.28. The first-order chi connectivity index (χ1) is 14.1. The molecule has 1 N–H and O–H groups in total. The van der Waals surface area contributed by atoms with Gasteiger partial charge in [0.2, 0.25) is 5.91 Å². The van der Waals surface area contributed by atoms with Gasteiger partial charge in [-0.3, -0.25) is 9.59 Å². The number of rotatable bonds is 5. The van der Waals surface area contributed by atoms with Gasteiger partial charge in [0.25, 0.3) is 5.91 Å².